The number of urea groups is 1. The number of hydrogen-bond acceptors (Lipinski definition) is 3. The Balaban J connectivity index is 1.79. The molecule has 3 N–H and O–H groups in total. The number of aliphatic carboxylic acids is 1. The van der Waals surface area contributed by atoms with E-state index in [4.69, 9.17) is 9.84 Å². The molecule has 2 amide bonds. The molecular weight excluding hydrogens is 320 g/mol. The van der Waals surface area contributed by atoms with Crippen LogP contribution in [0.5, 0.6) is 0 Å². The highest BCUT2D eigenvalue weighted by Crippen LogP contribution is 2.24. The van der Waals surface area contributed by atoms with Crippen LogP contribution >= 0.6 is 0 Å². The second-order valence-corrected chi connectivity index (χ2v) is 6.91. The molecule has 0 radical (unpaired) electrons. The number of rotatable bonds is 9. The molecule has 1 aliphatic carbocycles. The minimum Gasteiger partial charge on any atom is -0.481 e. The fourth-order valence-corrected chi connectivity index (χ4v) is 3.01. The number of carbonyl (C=O) groups is 2. The summed E-state index contributed by atoms with van der Waals surface area (Å²) in [5.41, 5.74) is 1.08. The Morgan fingerprint density at radius 1 is 1.24 bits per heavy atom. The molecule has 1 unspecified atom stereocenters. The van der Waals surface area contributed by atoms with E-state index in [-0.39, 0.29) is 36.7 Å². The van der Waals surface area contributed by atoms with Crippen LogP contribution in [0, 0.1) is 0 Å². The summed E-state index contributed by atoms with van der Waals surface area (Å²) in [4.78, 5) is 23.1. The van der Waals surface area contributed by atoms with Crippen LogP contribution in [-0.4, -0.2) is 41.4 Å². The number of amides is 2. The molecule has 1 aliphatic rings. The van der Waals surface area contributed by atoms with Gasteiger partial charge in [0.1, 0.15) is 0 Å². The van der Waals surface area contributed by atoms with E-state index in [9.17, 15) is 9.59 Å². The van der Waals surface area contributed by atoms with Crippen molar-refractivity contribution in [1.29, 1.82) is 0 Å². The molecule has 25 heavy (non-hydrogen) atoms. The monoisotopic (exact) mass is 348 g/mol. The first-order valence-electron chi connectivity index (χ1n) is 8.90. The van der Waals surface area contributed by atoms with Gasteiger partial charge in [0.25, 0.3) is 0 Å². The van der Waals surface area contributed by atoms with E-state index in [0.717, 1.165) is 18.4 Å². The van der Waals surface area contributed by atoms with E-state index in [1.54, 1.807) is 0 Å². The highest BCUT2D eigenvalue weighted by atomic mass is 16.5. The standard InChI is InChI=1S/C19H28N2O4/c1-13(2)25-17-11-16(12-17)21-19(24)20-15(8-9-18(22)23)10-14-6-4-3-5-7-14/h3-7,13,15-17H,8-12H2,1-2H3,(H,22,23)(H2,20,21,24). The van der Waals surface area contributed by atoms with Gasteiger partial charge in [0.15, 0.2) is 0 Å². The summed E-state index contributed by atoms with van der Waals surface area (Å²) < 4.78 is 5.69. The SMILES string of the molecule is CC(C)OC1CC(NC(=O)NC(CCC(=O)O)Cc2ccccc2)C1. The lowest BCUT2D eigenvalue weighted by molar-refractivity contribution is -0.137. The molecule has 1 aromatic rings. The molecule has 0 heterocycles. The zero-order chi connectivity index (χ0) is 18.2. The summed E-state index contributed by atoms with van der Waals surface area (Å²) in [7, 11) is 0. The quantitative estimate of drug-likeness (QED) is 0.640. The number of hydrogen-bond donors (Lipinski definition) is 3. The Labute approximate surface area is 149 Å². The summed E-state index contributed by atoms with van der Waals surface area (Å²) in [6.45, 7) is 4.01. The summed E-state index contributed by atoms with van der Waals surface area (Å²) in [6, 6.07) is 9.45. The van der Waals surface area contributed by atoms with Crippen molar-refractivity contribution in [3.05, 3.63) is 35.9 Å². The molecule has 6 heteroatoms. The van der Waals surface area contributed by atoms with Crippen LogP contribution in [0.2, 0.25) is 0 Å². The molecule has 6 nitrogen and oxygen atoms in total. The maximum absolute atomic E-state index is 12.2. The third-order valence-electron chi connectivity index (χ3n) is 4.26. The lowest BCUT2D eigenvalue weighted by Crippen LogP contribution is -2.53. The molecule has 0 aliphatic heterocycles. The molecule has 1 aromatic carbocycles. The molecule has 0 aromatic heterocycles. The minimum atomic E-state index is -0.854. The number of nitrogens with one attached hydrogen (secondary N) is 2. The molecule has 1 fully saturated rings. The fourth-order valence-electron chi connectivity index (χ4n) is 3.01. The van der Waals surface area contributed by atoms with Gasteiger partial charge >= 0.3 is 12.0 Å². The predicted octanol–water partition coefficient (Wildman–Crippen LogP) is 2.72. The number of carboxylic acid groups (broad SMARTS) is 1. The second-order valence-electron chi connectivity index (χ2n) is 6.91. The summed E-state index contributed by atoms with van der Waals surface area (Å²) >= 11 is 0. The Hall–Kier alpha value is -2.08. The van der Waals surface area contributed by atoms with Crippen molar-refractivity contribution in [1.82, 2.24) is 10.6 Å². The van der Waals surface area contributed by atoms with E-state index in [1.807, 2.05) is 44.2 Å². The number of benzene rings is 1. The highest BCUT2D eigenvalue weighted by Gasteiger charge is 2.31. The normalized spacial score (nSPS) is 20.6. The van der Waals surface area contributed by atoms with Crippen LogP contribution in [0.4, 0.5) is 4.79 Å². The van der Waals surface area contributed by atoms with Crippen LogP contribution in [0.3, 0.4) is 0 Å². The molecular formula is C19H28N2O4. The van der Waals surface area contributed by atoms with Gasteiger partial charge in [0.05, 0.1) is 12.2 Å². The molecule has 138 valence electrons. The van der Waals surface area contributed by atoms with Crippen molar-refractivity contribution in [2.75, 3.05) is 0 Å². The van der Waals surface area contributed by atoms with Crippen molar-refractivity contribution in [3.8, 4) is 0 Å². The predicted molar refractivity (Wildman–Crippen MR) is 95.5 cm³/mol. The van der Waals surface area contributed by atoms with Crippen LogP contribution in [0.15, 0.2) is 30.3 Å². The maximum Gasteiger partial charge on any atom is 0.315 e. The average Bonchev–Trinajstić information content (AvgIpc) is 2.51. The zero-order valence-corrected chi connectivity index (χ0v) is 14.9. The van der Waals surface area contributed by atoms with Crippen LogP contribution in [0.1, 0.15) is 45.1 Å². The van der Waals surface area contributed by atoms with Gasteiger partial charge in [-0.15, -0.1) is 0 Å². The topological polar surface area (TPSA) is 87.7 Å². The largest absolute Gasteiger partial charge is 0.481 e. The smallest absolute Gasteiger partial charge is 0.315 e. The molecule has 1 atom stereocenters. The Bertz CT molecular complexity index is 556. The van der Waals surface area contributed by atoms with E-state index in [1.165, 1.54) is 0 Å². The van der Waals surface area contributed by atoms with Crippen LogP contribution < -0.4 is 10.6 Å². The Morgan fingerprint density at radius 3 is 2.52 bits per heavy atom. The van der Waals surface area contributed by atoms with Crippen LogP contribution in [0.25, 0.3) is 0 Å². The van der Waals surface area contributed by atoms with Crippen molar-refractivity contribution in [2.24, 2.45) is 0 Å². The van der Waals surface area contributed by atoms with Gasteiger partial charge in [0.2, 0.25) is 0 Å². The molecule has 1 saturated carbocycles. The van der Waals surface area contributed by atoms with Gasteiger partial charge in [-0.05, 0) is 45.1 Å². The van der Waals surface area contributed by atoms with Gasteiger partial charge < -0.3 is 20.5 Å². The van der Waals surface area contributed by atoms with Gasteiger partial charge in [-0.3, -0.25) is 4.79 Å². The van der Waals surface area contributed by atoms with Gasteiger partial charge in [-0.2, -0.15) is 0 Å². The van der Waals surface area contributed by atoms with Gasteiger partial charge in [-0.25, -0.2) is 4.79 Å². The first-order valence-corrected chi connectivity index (χ1v) is 8.90. The lowest BCUT2D eigenvalue weighted by Gasteiger charge is -2.37. The van der Waals surface area contributed by atoms with Crippen molar-refractivity contribution >= 4 is 12.0 Å². The fraction of sp³-hybridized carbons (Fsp3) is 0.579. The van der Waals surface area contributed by atoms with E-state index >= 15 is 0 Å². The highest BCUT2D eigenvalue weighted by molar-refractivity contribution is 5.75. The first kappa shape index (κ1) is 19.2. The Kier molecular flexibility index (Phi) is 7.25. The average molecular weight is 348 g/mol. The molecule has 0 spiro atoms. The van der Waals surface area contributed by atoms with Gasteiger partial charge in [-0.1, -0.05) is 30.3 Å². The zero-order valence-electron chi connectivity index (χ0n) is 14.9. The lowest BCUT2D eigenvalue weighted by atomic mass is 9.89. The first-order chi connectivity index (χ1) is 11.9. The molecule has 0 saturated heterocycles. The third-order valence-corrected chi connectivity index (χ3v) is 4.26. The minimum absolute atomic E-state index is 0.0332. The molecule has 0 bridgehead atoms. The summed E-state index contributed by atoms with van der Waals surface area (Å²) in [5, 5.41) is 14.8. The van der Waals surface area contributed by atoms with E-state index in [2.05, 4.69) is 10.6 Å². The van der Waals surface area contributed by atoms with Gasteiger partial charge in [0, 0.05) is 18.5 Å². The van der Waals surface area contributed by atoms with Crippen molar-refractivity contribution in [3.63, 3.8) is 0 Å². The van der Waals surface area contributed by atoms with E-state index in [0.29, 0.717) is 12.8 Å². The number of ether oxygens (including phenoxy) is 1. The van der Waals surface area contributed by atoms with E-state index < -0.39 is 5.97 Å². The third kappa shape index (κ3) is 7.13. The molecule has 2 rings (SSSR count). The number of carboxylic acids is 1. The summed E-state index contributed by atoms with van der Waals surface area (Å²) in [5.74, 6) is -0.854. The summed E-state index contributed by atoms with van der Waals surface area (Å²) in [6.07, 6.45) is 3.12. The van der Waals surface area contributed by atoms with Crippen molar-refractivity contribution < 1.29 is 19.4 Å². The van der Waals surface area contributed by atoms with Crippen molar-refractivity contribution in [2.45, 2.75) is 70.2 Å². The Morgan fingerprint density at radius 2 is 1.92 bits per heavy atom. The number of carbonyl (C=O) groups excluding carboxylic acids is 1. The maximum atomic E-state index is 12.2. The second kappa shape index (κ2) is 9.42. The van der Waals surface area contributed by atoms with Crippen LogP contribution in [-0.2, 0) is 16.0 Å².